The third-order valence-corrected chi connectivity index (χ3v) is 4.89. The first-order valence-corrected chi connectivity index (χ1v) is 8.49. The second-order valence-electron chi connectivity index (χ2n) is 6.57. The van der Waals surface area contributed by atoms with Gasteiger partial charge in [0.1, 0.15) is 6.61 Å². The molecule has 0 spiro atoms. The molecule has 26 heavy (non-hydrogen) atoms. The molecule has 1 aliphatic rings. The number of esters is 1. The van der Waals surface area contributed by atoms with Gasteiger partial charge in [0.15, 0.2) is 5.78 Å². The highest BCUT2D eigenvalue weighted by Gasteiger charge is 2.59. The molecular formula is C21H20O5. The SMILES string of the molecule is CC(=O)COC(=O)C1C(c2ccccc2)C(C(=O)O)[C@H]1c1ccccc1. The van der Waals surface area contributed by atoms with Crippen LogP contribution in [0.15, 0.2) is 60.7 Å². The van der Waals surface area contributed by atoms with E-state index < -0.39 is 35.6 Å². The Morgan fingerprint density at radius 1 is 0.846 bits per heavy atom. The lowest BCUT2D eigenvalue weighted by Gasteiger charge is -2.49. The summed E-state index contributed by atoms with van der Waals surface area (Å²) < 4.78 is 5.16. The predicted octanol–water partition coefficient (Wildman–Crippen LogP) is 3.02. The fourth-order valence-electron chi connectivity index (χ4n) is 3.80. The van der Waals surface area contributed by atoms with Crippen molar-refractivity contribution in [2.24, 2.45) is 11.8 Å². The molecule has 0 saturated heterocycles. The zero-order chi connectivity index (χ0) is 18.7. The van der Waals surface area contributed by atoms with Crippen LogP contribution in [0.4, 0.5) is 0 Å². The van der Waals surface area contributed by atoms with Gasteiger partial charge in [0, 0.05) is 11.8 Å². The van der Waals surface area contributed by atoms with Crippen molar-refractivity contribution in [3.05, 3.63) is 71.8 Å². The largest absolute Gasteiger partial charge is 0.481 e. The number of Topliss-reactive ketones (excluding diaryl/α,β-unsaturated/α-hetero) is 1. The van der Waals surface area contributed by atoms with Gasteiger partial charge >= 0.3 is 11.9 Å². The summed E-state index contributed by atoms with van der Waals surface area (Å²) >= 11 is 0. The maximum absolute atomic E-state index is 12.7. The minimum atomic E-state index is -0.941. The van der Waals surface area contributed by atoms with Crippen molar-refractivity contribution in [1.29, 1.82) is 0 Å². The summed E-state index contributed by atoms with van der Waals surface area (Å²) in [6.07, 6.45) is 0. The number of carboxylic acid groups (broad SMARTS) is 1. The molecule has 134 valence electrons. The molecule has 0 amide bonds. The molecule has 2 aromatic rings. The van der Waals surface area contributed by atoms with Crippen molar-refractivity contribution in [2.75, 3.05) is 6.61 Å². The van der Waals surface area contributed by atoms with E-state index >= 15 is 0 Å². The Morgan fingerprint density at radius 2 is 1.31 bits per heavy atom. The number of ether oxygens (including phenoxy) is 1. The average molecular weight is 352 g/mol. The molecule has 1 fully saturated rings. The van der Waals surface area contributed by atoms with Crippen LogP contribution in [-0.4, -0.2) is 29.4 Å². The van der Waals surface area contributed by atoms with Crippen LogP contribution in [0.5, 0.6) is 0 Å². The van der Waals surface area contributed by atoms with Gasteiger partial charge in [-0.05, 0) is 18.1 Å². The Hall–Kier alpha value is -2.95. The maximum Gasteiger partial charge on any atom is 0.310 e. The summed E-state index contributed by atoms with van der Waals surface area (Å²) in [5.41, 5.74) is 1.58. The van der Waals surface area contributed by atoms with Gasteiger partial charge in [0.25, 0.3) is 0 Å². The fraction of sp³-hybridized carbons (Fsp3) is 0.286. The van der Waals surface area contributed by atoms with Crippen LogP contribution in [0.2, 0.25) is 0 Å². The molecular weight excluding hydrogens is 332 g/mol. The van der Waals surface area contributed by atoms with E-state index in [0.717, 1.165) is 11.1 Å². The Kier molecular flexibility index (Phi) is 5.16. The van der Waals surface area contributed by atoms with Gasteiger partial charge < -0.3 is 9.84 Å². The van der Waals surface area contributed by atoms with E-state index in [1.807, 2.05) is 60.7 Å². The predicted molar refractivity (Wildman–Crippen MR) is 94.6 cm³/mol. The van der Waals surface area contributed by atoms with Crippen LogP contribution in [0, 0.1) is 11.8 Å². The van der Waals surface area contributed by atoms with Crippen molar-refractivity contribution >= 4 is 17.7 Å². The van der Waals surface area contributed by atoms with Gasteiger partial charge in [0.2, 0.25) is 0 Å². The lowest BCUT2D eigenvalue weighted by molar-refractivity contribution is -0.165. The number of aliphatic carboxylic acids is 1. The molecule has 3 rings (SSSR count). The number of ketones is 1. The van der Waals surface area contributed by atoms with Gasteiger partial charge in [-0.15, -0.1) is 0 Å². The summed E-state index contributed by atoms with van der Waals surface area (Å²) in [5.74, 6) is -4.06. The molecule has 0 aliphatic heterocycles. The molecule has 0 aromatic heterocycles. The van der Waals surface area contributed by atoms with Gasteiger partial charge in [0.05, 0.1) is 11.8 Å². The fourth-order valence-corrected chi connectivity index (χ4v) is 3.80. The number of carboxylic acids is 1. The van der Waals surface area contributed by atoms with Gasteiger partial charge in [-0.25, -0.2) is 0 Å². The standard InChI is InChI=1S/C21H20O5/c1-13(22)12-26-21(25)19-16(14-8-4-2-5-9-14)18(20(23)24)17(19)15-10-6-3-7-11-15/h2-11,16-19H,12H2,1H3,(H,23,24)/t16-,17?,18?,19?/m1/s1. The summed E-state index contributed by atoms with van der Waals surface area (Å²) in [5, 5.41) is 9.81. The van der Waals surface area contributed by atoms with E-state index in [4.69, 9.17) is 4.74 Å². The van der Waals surface area contributed by atoms with Crippen molar-refractivity contribution in [2.45, 2.75) is 18.8 Å². The molecule has 2 aromatic carbocycles. The van der Waals surface area contributed by atoms with Crippen LogP contribution in [0.1, 0.15) is 29.9 Å². The van der Waals surface area contributed by atoms with Crippen molar-refractivity contribution in [3.8, 4) is 0 Å². The van der Waals surface area contributed by atoms with E-state index in [2.05, 4.69) is 0 Å². The molecule has 5 nitrogen and oxygen atoms in total. The average Bonchev–Trinajstić information content (AvgIpc) is 2.60. The molecule has 4 atom stereocenters. The number of benzene rings is 2. The first-order valence-electron chi connectivity index (χ1n) is 8.49. The summed E-state index contributed by atoms with van der Waals surface area (Å²) in [7, 11) is 0. The van der Waals surface area contributed by atoms with Crippen molar-refractivity contribution in [1.82, 2.24) is 0 Å². The maximum atomic E-state index is 12.7. The molecule has 1 N–H and O–H groups in total. The third kappa shape index (κ3) is 3.38. The number of hydrogen-bond donors (Lipinski definition) is 1. The highest BCUT2D eigenvalue weighted by molar-refractivity contribution is 5.86. The lowest BCUT2D eigenvalue weighted by atomic mass is 9.52. The molecule has 5 heteroatoms. The van der Waals surface area contributed by atoms with Crippen LogP contribution >= 0.6 is 0 Å². The zero-order valence-electron chi connectivity index (χ0n) is 14.4. The summed E-state index contributed by atoms with van der Waals surface area (Å²) in [6, 6.07) is 18.3. The van der Waals surface area contributed by atoms with Crippen LogP contribution < -0.4 is 0 Å². The smallest absolute Gasteiger partial charge is 0.310 e. The molecule has 1 saturated carbocycles. The van der Waals surface area contributed by atoms with E-state index in [0.29, 0.717) is 0 Å². The number of carbonyl (C=O) groups excluding carboxylic acids is 2. The number of carbonyl (C=O) groups is 3. The molecule has 0 bridgehead atoms. The minimum absolute atomic E-state index is 0.250. The quantitative estimate of drug-likeness (QED) is 0.808. The molecule has 0 heterocycles. The van der Waals surface area contributed by atoms with Crippen LogP contribution in [0.25, 0.3) is 0 Å². The van der Waals surface area contributed by atoms with Gasteiger partial charge in [-0.3, -0.25) is 14.4 Å². The number of hydrogen-bond acceptors (Lipinski definition) is 4. The van der Waals surface area contributed by atoms with E-state index in [9.17, 15) is 19.5 Å². The van der Waals surface area contributed by atoms with E-state index in [1.165, 1.54) is 6.92 Å². The Labute approximate surface area is 151 Å². The molecule has 3 unspecified atom stereocenters. The molecule has 1 aliphatic carbocycles. The highest BCUT2D eigenvalue weighted by atomic mass is 16.5. The van der Waals surface area contributed by atoms with Crippen LogP contribution in [0.3, 0.4) is 0 Å². The Balaban J connectivity index is 1.99. The minimum Gasteiger partial charge on any atom is -0.481 e. The monoisotopic (exact) mass is 352 g/mol. The highest BCUT2D eigenvalue weighted by Crippen LogP contribution is 2.57. The normalized spacial score (nSPS) is 24.3. The first-order chi connectivity index (χ1) is 12.5. The molecule has 0 radical (unpaired) electrons. The van der Waals surface area contributed by atoms with E-state index in [-0.39, 0.29) is 12.4 Å². The van der Waals surface area contributed by atoms with E-state index in [1.54, 1.807) is 0 Å². The topological polar surface area (TPSA) is 80.7 Å². The number of rotatable bonds is 6. The van der Waals surface area contributed by atoms with Gasteiger partial charge in [-0.1, -0.05) is 60.7 Å². The van der Waals surface area contributed by atoms with Crippen molar-refractivity contribution < 1.29 is 24.2 Å². The van der Waals surface area contributed by atoms with Crippen LogP contribution in [-0.2, 0) is 19.1 Å². The summed E-state index contributed by atoms with van der Waals surface area (Å²) in [6.45, 7) is 1.05. The first kappa shape index (κ1) is 17.9. The lowest BCUT2D eigenvalue weighted by Crippen LogP contribution is -2.51. The second-order valence-corrected chi connectivity index (χ2v) is 6.57. The van der Waals surface area contributed by atoms with Crippen molar-refractivity contribution in [3.63, 3.8) is 0 Å². The third-order valence-electron chi connectivity index (χ3n) is 4.89. The summed E-state index contributed by atoms with van der Waals surface area (Å²) in [4.78, 5) is 35.9. The zero-order valence-corrected chi connectivity index (χ0v) is 14.4. The second kappa shape index (κ2) is 7.52. The van der Waals surface area contributed by atoms with Gasteiger partial charge in [-0.2, -0.15) is 0 Å². The Morgan fingerprint density at radius 3 is 1.69 bits per heavy atom. The Bertz CT molecular complexity index is 752.